The predicted molar refractivity (Wildman–Crippen MR) is 131 cm³/mol. The smallest absolute Gasteiger partial charge is 0.161 e. The van der Waals surface area contributed by atoms with E-state index in [4.69, 9.17) is 14.2 Å². The van der Waals surface area contributed by atoms with Gasteiger partial charge in [-0.25, -0.2) is 0 Å². The molecular formula is C27H38N2O4. The van der Waals surface area contributed by atoms with Crippen LogP contribution in [0.2, 0.25) is 0 Å². The van der Waals surface area contributed by atoms with E-state index in [1.165, 1.54) is 5.56 Å². The second kappa shape index (κ2) is 12.5. The van der Waals surface area contributed by atoms with Gasteiger partial charge < -0.3 is 24.2 Å². The second-order valence-electron chi connectivity index (χ2n) is 8.77. The van der Waals surface area contributed by atoms with Gasteiger partial charge in [0.2, 0.25) is 0 Å². The van der Waals surface area contributed by atoms with Crippen molar-refractivity contribution in [3.63, 3.8) is 0 Å². The molecule has 0 aliphatic carbocycles. The van der Waals surface area contributed by atoms with Crippen LogP contribution in [0.15, 0.2) is 36.4 Å². The molecule has 2 aromatic carbocycles. The molecule has 6 heteroatoms. The molecule has 0 aromatic heterocycles. The van der Waals surface area contributed by atoms with Gasteiger partial charge >= 0.3 is 0 Å². The van der Waals surface area contributed by atoms with E-state index in [0.717, 1.165) is 43.5 Å². The van der Waals surface area contributed by atoms with E-state index < -0.39 is 5.41 Å². The van der Waals surface area contributed by atoms with E-state index in [1.807, 2.05) is 36.4 Å². The van der Waals surface area contributed by atoms with Crippen LogP contribution in [-0.4, -0.2) is 51.5 Å². The van der Waals surface area contributed by atoms with Crippen LogP contribution in [0, 0.1) is 17.2 Å². The zero-order chi connectivity index (χ0) is 24.4. The monoisotopic (exact) mass is 454 g/mol. The molecule has 0 fully saturated rings. The molecule has 2 aromatic rings. The summed E-state index contributed by atoms with van der Waals surface area (Å²) in [5, 5.41) is 19.8. The molecule has 1 atom stereocenters. The van der Waals surface area contributed by atoms with Gasteiger partial charge in [-0.3, -0.25) is 0 Å². The first-order valence-electron chi connectivity index (χ1n) is 11.4. The summed E-state index contributed by atoms with van der Waals surface area (Å²) in [5.74, 6) is 2.18. The number of hydrogen-bond donors (Lipinski definition) is 1. The van der Waals surface area contributed by atoms with E-state index >= 15 is 0 Å². The number of ether oxygens (including phenoxy) is 3. The van der Waals surface area contributed by atoms with Crippen molar-refractivity contribution in [2.75, 3.05) is 41.5 Å². The number of likely N-dealkylation sites (N-methyl/N-ethyl adjacent to an activating group) is 1. The van der Waals surface area contributed by atoms with Crippen LogP contribution in [0.5, 0.6) is 17.2 Å². The van der Waals surface area contributed by atoms with Crippen LogP contribution in [-0.2, 0) is 18.4 Å². The van der Waals surface area contributed by atoms with Crippen molar-refractivity contribution in [2.45, 2.75) is 45.1 Å². The number of aliphatic hydroxyl groups is 1. The summed E-state index contributed by atoms with van der Waals surface area (Å²) in [6.07, 6.45) is 2.55. The number of hydrogen-bond acceptors (Lipinski definition) is 6. The fraction of sp³-hybridized carbons (Fsp3) is 0.519. The number of nitriles is 1. The number of nitrogens with zero attached hydrogens (tertiary/aromatic N) is 2. The maximum absolute atomic E-state index is 10.2. The Hall–Kier alpha value is -2.75. The average Bonchev–Trinajstić information content (AvgIpc) is 2.84. The van der Waals surface area contributed by atoms with E-state index in [-0.39, 0.29) is 12.5 Å². The molecule has 0 saturated carbocycles. The standard InChI is InChI=1S/C27H38N2O4/c1-20(2)27(19-28,23-9-11-25(32-5)26(17-23)33-6)13-7-14-29(3)15-12-21-8-10-24(31-4)22(16-21)18-30/h8-11,16-17,20,30H,7,12-15,18H2,1-6H3. The molecule has 33 heavy (non-hydrogen) atoms. The normalized spacial score (nSPS) is 13.0. The van der Waals surface area contributed by atoms with E-state index in [0.29, 0.717) is 17.2 Å². The Balaban J connectivity index is 2.02. The first-order chi connectivity index (χ1) is 15.8. The molecule has 0 bridgehead atoms. The van der Waals surface area contributed by atoms with Gasteiger partial charge in [0.15, 0.2) is 11.5 Å². The number of rotatable bonds is 13. The summed E-state index contributed by atoms with van der Waals surface area (Å²) in [5.41, 5.74) is 2.36. The number of aliphatic hydroxyl groups excluding tert-OH is 1. The predicted octanol–water partition coefficient (Wildman–Crippen LogP) is 4.58. The first kappa shape index (κ1) is 26.5. The minimum absolute atomic E-state index is 0.0333. The highest BCUT2D eigenvalue weighted by molar-refractivity contribution is 5.47. The van der Waals surface area contributed by atoms with Crippen molar-refractivity contribution < 1.29 is 19.3 Å². The van der Waals surface area contributed by atoms with Crippen molar-refractivity contribution in [1.82, 2.24) is 4.90 Å². The summed E-state index contributed by atoms with van der Waals surface area (Å²) in [4.78, 5) is 2.29. The van der Waals surface area contributed by atoms with Crippen LogP contribution in [0.1, 0.15) is 43.4 Å². The minimum Gasteiger partial charge on any atom is -0.496 e. The third-order valence-corrected chi connectivity index (χ3v) is 6.49. The molecule has 6 nitrogen and oxygen atoms in total. The van der Waals surface area contributed by atoms with Crippen molar-refractivity contribution in [1.29, 1.82) is 5.26 Å². The first-order valence-corrected chi connectivity index (χ1v) is 11.4. The summed E-state index contributed by atoms with van der Waals surface area (Å²) in [7, 11) is 6.95. The van der Waals surface area contributed by atoms with Crippen molar-refractivity contribution in [3.8, 4) is 23.3 Å². The largest absolute Gasteiger partial charge is 0.496 e. The fourth-order valence-corrected chi connectivity index (χ4v) is 4.30. The fourth-order valence-electron chi connectivity index (χ4n) is 4.30. The summed E-state index contributed by atoms with van der Waals surface area (Å²) < 4.78 is 16.1. The van der Waals surface area contributed by atoms with Crippen LogP contribution >= 0.6 is 0 Å². The zero-order valence-electron chi connectivity index (χ0n) is 20.9. The maximum Gasteiger partial charge on any atom is 0.161 e. The van der Waals surface area contributed by atoms with Crippen molar-refractivity contribution in [3.05, 3.63) is 53.1 Å². The Morgan fingerprint density at radius 1 is 0.970 bits per heavy atom. The average molecular weight is 455 g/mol. The van der Waals surface area contributed by atoms with Gasteiger partial charge in [-0.1, -0.05) is 26.0 Å². The lowest BCUT2D eigenvalue weighted by Gasteiger charge is -2.32. The van der Waals surface area contributed by atoms with Crippen LogP contribution in [0.3, 0.4) is 0 Å². The molecule has 0 heterocycles. The van der Waals surface area contributed by atoms with Gasteiger partial charge in [0, 0.05) is 12.1 Å². The Labute approximate surface area is 198 Å². The second-order valence-corrected chi connectivity index (χ2v) is 8.77. The lowest BCUT2D eigenvalue weighted by molar-refractivity contribution is 0.273. The third-order valence-electron chi connectivity index (χ3n) is 6.49. The van der Waals surface area contributed by atoms with Gasteiger partial charge in [0.05, 0.1) is 39.4 Å². The Morgan fingerprint density at radius 2 is 1.64 bits per heavy atom. The van der Waals surface area contributed by atoms with Crippen LogP contribution in [0.25, 0.3) is 0 Å². The molecular weight excluding hydrogens is 416 g/mol. The highest BCUT2D eigenvalue weighted by atomic mass is 16.5. The van der Waals surface area contributed by atoms with Crippen LogP contribution in [0.4, 0.5) is 0 Å². The Morgan fingerprint density at radius 3 is 2.21 bits per heavy atom. The molecule has 0 saturated heterocycles. The molecule has 0 radical (unpaired) electrons. The highest BCUT2D eigenvalue weighted by Gasteiger charge is 2.36. The van der Waals surface area contributed by atoms with Crippen LogP contribution < -0.4 is 14.2 Å². The summed E-state index contributed by atoms with van der Waals surface area (Å²) in [6.45, 7) is 5.97. The van der Waals surface area contributed by atoms with Crippen molar-refractivity contribution >= 4 is 0 Å². The van der Waals surface area contributed by atoms with Gasteiger partial charge in [0.1, 0.15) is 5.75 Å². The maximum atomic E-state index is 10.2. The third kappa shape index (κ3) is 6.40. The summed E-state index contributed by atoms with van der Waals surface area (Å²) >= 11 is 0. The highest BCUT2D eigenvalue weighted by Crippen LogP contribution is 2.40. The molecule has 1 unspecified atom stereocenters. The van der Waals surface area contributed by atoms with E-state index in [9.17, 15) is 10.4 Å². The van der Waals surface area contributed by atoms with Gasteiger partial charge in [0.25, 0.3) is 0 Å². The van der Waals surface area contributed by atoms with Gasteiger partial charge in [-0.05, 0) is 74.2 Å². The van der Waals surface area contributed by atoms with E-state index in [2.05, 4.69) is 31.9 Å². The molecule has 0 amide bonds. The van der Waals surface area contributed by atoms with Crippen molar-refractivity contribution in [2.24, 2.45) is 5.92 Å². The molecule has 0 spiro atoms. The number of benzene rings is 2. The topological polar surface area (TPSA) is 75.0 Å². The Kier molecular flexibility index (Phi) is 10.0. The minimum atomic E-state index is -0.591. The zero-order valence-corrected chi connectivity index (χ0v) is 20.9. The van der Waals surface area contributed by atoms with Gasteiger partial charge in [-0.15, -0.1) is 0 Å². The molecule has 0 aliphatic rings. The van der Waals surface area contributed by atoms with Gasteiger partial charge in [-0.2, -0.15) is 5.26 Å². The molecule has 0 aliphatic heterocycles. The summed E-state index contributed by atoms with van der Waals surface area (Å²) in [6, 6.07) is 14.4. The SMILES string of the molecule is COc1ccc(CCN(C)CCCC(C#N)(c2ccc(OC)c(OC)c2)C(C)C)cc1CO. The molecule has 180 valence electrons. The van der Waals surface area contributed by atoms with E-state index in [1.54, 1.807) is 21.3 Å². The number of methoxy groups -OCH3 is 3. The lowest BCUT2D eigenvalue weighted by atomic mass is 9.69. The molecule has 2 rings (SSSR count). The quantitative estimate of drug-likeness (QED) is 0.478. The Bertz CT molecular complexity index is 938. The lowest BCUT2D eigenvalue weighted by Crippen LogP contribution is -2.32. The molecule has 1 N–H and O–H groups in total.